The summed E-state index contributed by atoms with van der Waals surface area (Å²) in [5, 5.41) is 20.5. The molecule has 10 nitrogen and oxygen atoms in total. The Morgan fingerprint density at radius 3 is 2.65 bits per heavy atom. The predicted molar refractivity (Wildman–Crippen MR) is 168 cm³/mol. The number of nitriles is 1. The first-order valence-corrected chi connectivity index (χ1v) is 15.4. The molecule has 0 radical (unpaired) electrons. The molecule has 46 heavy (non-hydrogen) atoms. The number of H-pyrrole nitrogens is 1. The van der Waals surface area contributed by atoms with Crippen LogP contribution in [-0.4, -0.2) is 58.0 Å². The Morgan fingerprint density at radius 1 is 1.15 bits per heavy atom. The summed E-state index contributed by atoms with van der Waals surface area (Å²) in [6, 6.07) is 14.0. The zero-order valence-corrected chi connectivity index (χ0v) is 25.7. The summed E-state index contributed by atoms with van der Waals surface area (Å²) in [5.74, 6) is -4.08. The van der Waals surface area contributed by atoms with E-state index < -0.39 is 40.3 Å². The van der Waals surface area contributed by atoms with E-state index in [2.05, 4.69) is 20.5 Å². The zero-order chi connectivity index (χ0) is 32.6. The number of pyridine rings is 1. The van der Waals surface area contributed by atoms with Gasteiger partial charge in [-0.25, -0.2) is 23.0 Å². The summed E-state index contributed by atoms with van der Waals surface area (Å²) in [6.07, 6.45) is 2.61. The molecule has 4 aromatic rings. The normalized spacial score (nSPS) is 20.2. The number of benzene rings is 2. The number of aromatic nitrogens is 3. The number of quaternary nitrogens is 1. The molecule has 3 heterocycles. The van der Waals surface area contributed by atoms with E-state index >= 15 is 4.79 Å². The number of para-hydroxylation sites is 1. The number of amides is 3. The minimum Gasteiger partial charge on any atom is -0.348 e. The third kappa shape index (κ3) is 5.61. The van der Waals surface area contributed by atoms with Crippen LogP contribution in [0.25, 0.3) is 10.9 Å². The molecule has 2 aliphatic rings. The van der Waals surface area contributed by atoms with Crippen LogP contribution in [0.15, 0.2) is 67.0 Å². The summed E-state index contributed by atoms with van der Waals surface area (Å²) in [7, 11) is 1.60. The number of hydrogen-bond acceptors (Lipinski definition) is 6. The fourth-order valence-corrected chi connectivity index (χ4v) is 6.91. The Bertz CT molecular complexity index is 1870. The molecule has 2 aromatic carbocycles. The van der Waals surface area contributed by atoms with Crippen LogP contribution in [0, 0.1) is 11.3 Å². The number of rotatable bonds is 7. The lowest BCUT2D eigenvalue weighted by Crippen LogP contribution is -2.63. The van der Waals surface area contributed by atoms with Crippen molar-refractivity contribution in [2.75, 3.05) is 11.9 Å². The third-order valence-corrected chi connectivity index (χ3v) is 9.40. The molecule has 1 saturated carbocycles. The van der Waals surface area contributed by atoms with Gasteiger partial charge in [0.05, 0.1) is 29.9 Å². The van der Waals surface area contributed by atoms with Crippen LogP contribution in [0.5, 0.6) is 0 Å². The van der Waals surface area contributed by atoms with Gasteiger partial charge in [-0.15, -0.1) is 0 Å². The molecule has 2 aromatic heterocycles. The molecule has 1 aliphatic carbocycles. The number of aromatic amines is 1. The Hall–Kier alpha value is -4.73. The SMILES string of the molecule is C[N+](C(=O)C1CCC(=O)N1c1cc(C#N)ccn1)(c1cccc2cn[nH]c12)C(C(=O)NC1CCC(F)(F)CC1)c1ccccc1Cl. The topological polar surface area (TPSA) is 132 Å². The minimum atomic E-state index is -2.80. The third-order valence-electron chi connectivity index (χ3n) is 9.06. The molecule has 2 N–H and O–H groups in total. The van der Waals surface area contributed by atoms with Gasteiger partial charge < -0.3 is 5.32 Å². The molecule has 1 aliphatic heterocycles. The van der Waals surface area contributed by atoms with Crippen LogP contribution in [-0.2, 0) is 14.4 Å². The molecule has 3 atom stereocenters. The molecule has 2 fully saturated rings. The first-order chi connectivity index (χ1) is 22.0. The van der Waals surface area contributed by atoms with E-state index in [-0.39, 0.29) is 60.8 Å². The lowest BCUT2D eigenvalue weighted by molar-refractivity contribution is -0.140. The Labute approximate surface area is 268 Å². The fourth-order valence-electron chi connectivity index (χ4n) is 6.67. The van der Waals surface area contributed by atoms with Crippen molar-refractivity contribution >= 4 is 51.7 Å². The summed E-state index contributed by atoms with van der Waals surface area (Å²) >= 11 is 6.75. The number of carbonyl (C=O) groups excluding carboxylic acids is 3. The quantitative estimate of drug-likeness (QED) is 0.252. The molecule has 6 rings (SSSR count). The van der Waals surface area contributed by atoms with Gasteiger partial charge in [0.1, 0.15) is 11.3 Å². The standard InChI is InChI=1S/C33H30ClF2N7O3/c1-43(26-8-4-5-21-19-39-41-29(21)26,32(46)25-9-10-28(44)42(25)27-17-20(18-37)13-16-38-27)30(23-6-2-3-7-24(23)34)31(45)40-22-11-14-33(35,36)15-12-22/h2-8,13,16-17,19,22,25,30H,9-12,14-15H2,1H3,(H-,39,40,41,45)/p+1. The van der Waals surface area contributed by atoms with Crippen molar-refractivity contribution in [3.05, 3.63) is 83.1 Å². The van der Waals surface area contributed by atoms with Crippen LogP contribution >= 0.6 is 11.6 Å². The van der Waals surface area contributed by atoms with E-state index in [0.717, 1.165) is 0 Å². The highest BCUT2D eigenvalue weighted by Crippen LogP contribution is 2.43. The van der Waals surface area contributed by atoms with E-state index in [9.17, 15) is 23.6 Å². The van der Waals surface area contributed by atoms with Crippen LogP contribution in [0.3, 0.4) is 0 Å². The number of nitrogens with one attached hydrogen (secondary N) is 2. The molecule has 236 valence electrons. The maximum absolute atomic E-state index is 15.3. The maximum atomic E-state index is 15.3. The van der Waals surface area contributed by atoms with Crippen LogP contribution in [0.4, 0.5) is 20.3 Å². The number of likely N-dealkylation sites (N-methyl/N-ethyl adjacent to an activating group) is 1. The van der Waals surface area contributed by atoms with Crippen molar-refractivity contribution in [1.82, 2.24) is 25.0 Å². The lowest BCUT2D eigenvalue weighted by Gasteiger charge is -2.41. The fraction of sp³-hybridized carbons (Fsp3) is 0.333. The molecule has 13 heteroatoms. The van der Waals surface area contributed by atoms with E-state index in [4.69, 9.17) is 11.6 Å². The molecule has 0 spiro atoms. The summed E-state index contributed by atoms with van der Waals surface area (Å²) in [4.78, 5) is 48.7. The first kappa shape index (κ1) is 31.3. The zero-order valence-electron chi connectivity index (χ0n) is 24.9. The summed E-state index contributed by atoms with van der Waals surface area (Å²) in [6.45, 7) is 0. The second-order valence-electron chi connectivity index (χ2n) is 11.9. The second-order valence-corrected chi connectivity index (χ2v) is 12.3. The van der Waals surface area contributed by atoms with E-state index in [1.807, 2.05) is 12.1 Å². The van der Waals surface area contributed by atoms with Gasteiger partial charge >= 0.3 is 5.91 Å². The highest BCUT2D eigenvalue weighted by molar-refractivity contribution is 6.31. The number of fused-ring (bicyclic) bond motifs is 1. The predicted octanol–water partition coefficient (Wildman–Crippen LogP) is 5.58. The summed E-state index contributed by atoms with van der Waals surface area (Å²) < 4.78 is 27.3. The first-order valence-electron chi connectivity index (χ1n) is 15.0. The monoisotopic (exact) mass is 646 g/mol. The van der Waals surface area contributed by atoms with Gasteiger partial charge in [-0.05, 0) is 37.5 Å². The van der Waals surface area contributed by atoms with Gasteiger partial charge in [0.2, 0.25) is 17.9 Å². The van der Waals surface area contributed by atoms with Crippen molar-refractivity contribution < 1.29 is 23.2 Å². The smallest absolute Gasteiger partial charge is 0.342 e. The average molecular weight is 647 g/mol. The van der Waals surface area contributed by atoms with Crippen LogP contribution < -0.4 is 14.7 Å². The van der Waals surface area contributed by atoms with Crippen molar-refractivity contribution in [3.63, 3.8) is 0 Å². The molecule has 3 unspecified atom stereocenters. The Balaban J connectivity index is 1.52. The number of halogens is 3. The minimum absolute atomic E-state index is 0.0440. The van der Waals surface area contributed by atoms with E-state index in [1.165, 1.54) is 23.2 Å². The maximum Gasteiger partial charge on any atom is 0.342 e. The van der Waals surface area contributed by atoms with E-state index in [1.54, 1.807) is 49.6 Å². The molecule has 3 amide bonds. The van der Waals surface area contributed by atoms with Gasteiger partial charge in [0.15, 0.2) is 11.7 Å². The summed E-state index contributed by atoms with van der Waals surface area (Å²) in [5.41, 5.74) is 1.51. The van der Waals surface area contributed by atoms with Gasteiger partial charge in [-0.2, -0.15) is 10.4 Å². The van der Waals surface area contributed by atoms with Crippen molar-refractivity contribution in [3.8, 4) is 6.07 Å². The molecule has 1 saturated heterocycles. The number of alkyl halides is 2. The van der Waals surface area contributed by atoms with Crippen molar-refractivity contribution in [2.45, 2.75) is 62.6 Å². The Morgan fingerprint density at radius 2 is 1.91 bits per heavy atom. The number of hydrogen-bond donors (Lipinski definition) is 2. The highest BCUT2D eigenvalue weighted by atomic mass is 35.5. The van der Waals surface area contributed by atoms with Crippen molar-refractivity contribution in [1.29, 1.82) is 5.26 Å². The van der Waals surface area contributed by atoms with Gasteiger partial charge in [0, 0.05) is 48.5 Å². The number of nitrogens with zero attached hydrogens (tertiary/aromatic N) is 5. The highest BCUT2D eigenvalue weighted by Gasteiger charge is 2.55. The largest absolute Gasteiger partial charge is 0.348 e. The van der Waals surface area contributed by atoms with E-state index in [0.29, 0.717) is 22.2 Å². The van der Waals surface area contributed by atoms with Gasteiger partial charge in [-0.3, -0.25) is 19.6 Å². The Kier molecular flexibility index (Phi) is 8.31. The number of carbonyl (C=O) groups is 3. The molecule has 0 bridgehead atoms. The lowest BCUT2D eigenvalue weighted by atomic mass is 9.91. The van der Waals surface area contributed by atoms with Crippen molar-refractivity contribution in [2.24, 2.45) is 0 Å². The number of anilines is 1. The molecular weight excluding hydrogens is 616 g/mol. The molecular formula is C33H31ClF2N7O3+. The van der Waals surface area contributed by atoms with Gasteiger partial charge in [0.25, 0.3) is 5.91 Å². The van der Waals surface area contributed by atoms with Crippen LogP contribution in [0.2, 0.25) is 5.02 Å². The second kappa shape index (κ2) is 12.2. The van der Waals surface area contributed by atoms with Crippen LogP contribution in [0.1, 0.15) is 55.7 Å². The van der Waals surface area contributed by atoms with Gasteiger partial charge in [-0.1, -0.05) is 41.9 Å². The average Bonchev–Trinajstić information content (AvgIpc) is 3.69.